The molecule has 0 atom stereocenters. The van der Waals surface area contributed by atoms with E-state index in [-0.39, 0.29) is 5.56 Å². The van der Waals surface area contributed by atoms with Gasteiger partial charge in [0.1, 0.15) is 0 Å². The number of imidazole rings is 1. The Bertz CT molecular complexity index is 594. The lowest BCUT2D eigenvalue weighted by atomic mass is 10.2. The summed E-state index contributed by atoms with van der Waals surface area (Å²) in [6, 6.07) is 0. The van der Waals surface area contributed by atoms with Crippen LogP contribution < -0.4 is 11.3 Å². The summed E-state index contributed by atoms with van der Waals surface area (Å²) in [7, 11) is 1.90. The molecule has 0 radical (unpaired) electrons. The van der Waals surface area contributed by atoms with Gasteiger partial charge in [0.15, 0.2) is 0 Å². The van der Waals surface area contributed by atoms with E-state index >= 15 is 0 Å². The third-order valence-corrected chi connectivity index (χ3v) is 2.94. The molecule has 2 aromatic heterocycles. The Morgan fingerprint density at radius 1 is 1.44 bits per heavy atom. The zero-order valence-corrected chi connectivity index (χ0v) is 9.82. The third kappa shape index (κ3) is 1.44. The van der Waals surface area contributed by atoms with Gasteiger partial charge in [0.05, 0.1) is 5.69 Å². The predicted molar refractivity (Wildman–Crippen MR) is 62.7 cm³/mol. The Morgan fingerprint density at radius 2 is 2.12 bits per heavy atom. The average Bonchev–Trinajstić information content (AvgIpc) is 2.52. The van der Waals surface area contributed by atoms with Crippen molar-refractivity contribution in [2.24, 2.45) is 12.8 Å². The van der Waals surface area contributed by atoms with Crippen LogP contribution in [0.2, 0.25) is 0 Å². The summed E-state index contributed by atoms with van der Waals surface area (Å²) < 4.78 is 3.49. The molecule has 0 amide bonds. The second kappa shape index (κ2) is 3.75. The van der Waals surface area contributed by atoms with Crippen LogP contribution in [0.1, 0.15) is 17.0 Å². The highest BCUT2D eigenvalue weighted by Gasteiger charge is 2.12. The molecule has 0 aliphatic heterocycles. The van der Waals surface area contributed by atoms with E-state index in [0.29, 0.717) is 24.3 Å². The number of hydrogen-bond acceptors (Lipinski definition) is 3. The van der Waals surface area contributed by atoms with Gasteiger partial charge in [0, 0.05) is 24.5 Å². The molecule has 0 saturated carbocycles. The fraction of sp³-hybridized carbons (Fsp3) is 0.455. The van der Waals surface area contributed by atoms with E-state index < -0.39 is 0 Å². The molecule has 0 unspecified atom stereocenters. The molecule has 2 rings (SSSR count). The van der Waals surface area contributed by atoms with Gasteiger partial charge < -0.3 is 10.3 Å². The largest absolute Gasteiger partial charge is 0.330 e. The molecular weight excluding hydrogens is 204 g/mol. The van der Waals surface area contributed by atoms with Crippen LogP contribution in [0.4, 0.5) is 0 Å². The van der Waals surface area contributed by atoms with Crippen molar-refractivity contribution >= 4 is 5.78 Å². The van der Waals surface area contributed by atoms with E-state index in [1.54, 1.807) is 4.40 Å². The van der Waals surface area contributed by atoms with Gasteiger partial charge in [-0.15, -0.1) is 0 Å². The lowest BCUT2D eigenvalue weighted by molar-refractivity contribution is 0.848. The summed E-state index contributed by atoms with van der Waals surface area (Å²) in [6.45, 7) is 4.27. The van der Waals surface area contributed by atoms with E-state index in [4.69, 9.17) is 5.73 Å². The van der Waals surface area contributed by atoms with Gasteiger partial charge >= 0.3 is 0 Å². The lowest BCUT2D eigenvalue weighted by Gasteiger charge is -2.04. The number of aromatic nitrogens is 3. The van der Waals surface area contributed by atoms with Gasteiger partial charge in [0.25, 0.3) is 5.56 Å². The predicted octanol–water partition coefficient (Wildman–Crippen LogP) is 0.151. The first-order valence-electron chi connectivity index (χ1n) is 5.30. The maximum Gasteiger partial charge on any atom is 0.262 e. The van der Waals surface area contributed by atoms with Crippen LogP contribution >= 0.6 is 0 Å². The van der Waals surface area contributed by atoms with Crippen LogP contribution in [0, 0.1) is 13.8 Å². The molecule has 2 N–H and O–H groups in total. The van der Waals surface area contributed by atoms with Crippen molar-refractivity contribution in [1.82, 2.24) is 14.0 Å². The summed E-state index contributed by atoms with van der Waals surface area (Å²) in [5.74, 6) is 0.681. The van der Waals surface area contributed by atoms with Gasteiger partial charge in [-0.1, -0.05) is 0 Å². The molecule has 0 aliphatic carbocycles. The zero-order chi connectivity index (χ0) is 11.9. The molecule has 0 aliphatic rings. The summed E-state index contributed by atoms with van der Waals surface area (Å²) >= 11 is 0. The highest BCUT2D eigenvalue weighted by molar-refractivity contribution is 5.36. The van der Waals surface area contributed by atoms with Crippen molar-refractivity contribution in [3.05, 3.63) is 33.5 Å². The minimum absolute atomic E-state index is 0.00310. The van der Waals surface area contributed by atoms with Crippen molar-refractivity contribution in [2.45, 2.75) is 20.3 Å². The first-order valence-corrected chi connectivity index (χ1v) is 5.30. The SMILES string of the molecule is Cc1nc2n(C)c(C)cn2c(=O)c1CCN. The molecule has 5 heteroatoms. The highest BCUT2D eigenvalue weighted by atomic mass is 16.1. The van der Waals surface area contributed by atoms with Crippen LogP contribution in [0.25, 0.3) is 5.78 Å². The number of nitrogens with zero attached hydrogens (tertiary/aromatic N) is 3. The normalized spacial score (nSPS) is 11.2. The fourth-order valence-corrected chi connectivity index (χ4v) is 1.88. The lowest BCUT2D eigenvalue weighted by Crippen LogP contribution is -2.23. The van der Waals surface area contributed by atoms with E-state index in [1.807, 2.05) is 31.7 Å². The van der Waals surface area contributed by atoms with Gasteiger partial charge in [-0.3, -0.25) is 9.20 Å². The first-order chi connectivity index (χ1) is 7.56. The Kier molecular flexibility index (Phi) is 2.55. The summed E-state index contributed by atoms with van der Waals surface area (Å²) in [4.78, 5) is 16.6. The molecule has 0 bridgehead atoms. The zero-order valence-electron chi connectivity index (χ0n) is 9.82. The number of aryl methyl sites for hydroxylation is 3. The Hall–Kier alpha value is -1.62. The molecule has 0 aromatic carbocycles. The van der Waals surface area contributed by atoms with E-state index in [9.17, 15) is 4.79 Å². The van der Waals surface area contributed by atoms with E-state index in [0.717, 1.165) is 11.4 Å². The van der Waals surface area contributed by atoms with E-state index in [1.165, 1.54) is 0 Å². The summed E-state index contributed by atoms with van der Waals surface area (Å²) in [5.41, 5.74) is 7.99. The van der Waals surface area contributed by atoms with Gasteiger partial charge in [-0.05, 0) is 26.8 Å². The van der Waals surface area contributed by atoms with Crippen molar-refractivity contribution in [1.29, 1.82) is 0 Å². The molecule has 5 nitrogen and oxygen atoms in total. The second-order valence-electron chi connectivity index (χ2n) is 4.02. The molecule has 86 valence electrons. The van der Waals surface area contributed by atoms with Crippen LogP contribution in [0.15, 0.2) is 11.0 Å². The van der Waals surface area contributed by atoms with Crippen molar-refractivity contribution in [3.8, 4) is 0 Å². The van der Waals surface area contributed by atoms with Crippen molar-refractivity contribution < 1.29 is 0 Å². The van der Waals surface area contributed by atoms with E-state index in [2.05, 4.69) is 4.98 Å². The number of nitrogens with two attached hydrogens (primary N) is 1. The van der Waals surface area contributed by atoms with Crippen LogP contribution in [0.5, 0.6) is 0 Å². The fourth-order valence-electron chi connectivity index (χ4n) is 1.88. The molecule has 0 saturated heterocycles. The number of fused-ring (bicyclic) bond motifs is 1. The molecule has 0 spiro atoms. The van der Waals surface area contributed by atoms with Crippen molar-refractivity contribution in [3.63, 3.8) is 0 Å². The maximum atomic E-state index is 12.2. The number of hydrogen-bond donors (Lipinski definition) is 1. The summed E-state index contributed by atoms with van der Waals surface area (Å²) in [5, 5.41) is 0. The van der Waals surface area contributed by atoms with Crippen LogP contribution in [-0.4, -0.2) is 20.5 Å². The Balaban J connectivity index is 2.84. The topological polar surface area (TPSA) is 65.3 Å². The Morgan fingerprint density at radius 3 is 2.75 bits per heavy atom. The number of rotatable bonds is 2. The molecule has 16 heavy (non-hydrogen) atoms. The summed E-state index contributed by atoms with van der Waals surface area (Å²) in [6.07, 6.45) is 2.39. The van der Waals surface area contributed by atoms with Gasteiger partial charge in [0.2, 0.25) is 5.78 Å². The average molecular weight is 220 g/mol. The van der Waals surface area contributed by atoms with Crippen LogP contribution in [-0.2, 0) is 13.5 Å². The minimum atomic E-state index is -0.00310. The van der Waals surface area contributed by atoms with Crippen LogP contribution in [0.3, 0.4) is 0 Å². The molecular formula is C11H16N4O. The first kappa shape index (κ1) is 10.9. The molecule has 0 fully saturated rings. The van der Waals surface area contributed by atoms with Gasteiger partial charge in [-0.2, -0.15) is 0 Å². The monoisotopic (exact) mass is 220 g/mol. The quantitative estimate of drug-likeness (QED) is 0.783. The Labute approximate surface area is 93.5 Å². The smallest absolute Gasteiger partial charge is 0.262 e. The maximum absolute atomic E-state index is 12.2. The molecule has 2 aromatic rings. The van der Waals surface area contributed by atoms with Crippen molar-refractivity contribution in [2.75, 3.05) is 6.54 Å². The standard InChI is InChI=1S/C11H16N4O/c1-7-6-15-10(16)9(4-5-12)8(2)13-11(15)14(7)3/h6H,4-5,12H2,1-3H3. The highest BCUT2D eigenvalue weighted by Crippen LogP contribution is 2.07. The second-order valence-corrected chi connectivity index (χ2v) is 4.02. The molecule has 2 heterocycles. The third-order valence-electron chi connectivity index (χ3n) is 2.94. The minimum Gasteiger partial charge on any atom is -0.330 e. The van der Waals surface area contributed by atoms with Gasteiger partial charge in [-0.25, -0.2) is 4.98 Å².